The second-order valence-corrected chi connectivity index (χ2v) is 4.76. The molecule has 0 radical (unpaired) electrons. The summed E-state index contributed by atoms with van der Waals surface area (Å²) in [5.41, 5.74) is 1.09. The number of hydrogen-bond acceptors (Lipinski definition) is 4. The van der Waals surface area contributed by atoms with Gasteiger partial charge < -0.3 is 20.1 Å². The average molecular weight is 280 g/mol. The summed E-state index contributed by atoms with van der Waals surface area (Å²) < 4.78 is 10.8. The van der Waals surface area contributed by atoms with E-state index in [-0.39, 0.29) is 12.5 Å². The molecule has 0 aliphatic rings. The van der Waals surface area contributed by atoms with Crippen molar-refractivity contribution < 1.29 is 14.3 Å². The standard InChI is InChI=1S/C15H24N2O3/c1-5-16-15(18)10-20-14-8-12(9-17-11(2)3)6-7-13(14)19-4/h6-8,11,17H,5,9-10H2,1-4H3,(H,16,18). The van der Waals surface area contributed by atoms with Crippen LogP contribution in [0.5, 0.6) is 11.5 Å². The number of rotatable bonds is 8. The molecule has 2 N–H and O–H groups in total. The van der Waals surface area contributed by atoms with Crippen molar-refractivity contribution in [1.82, 2.24) is 10.6 Å². The van der Waals surface area contributed by atoms with Crippen LogP contribution in [0.2, 0.25) is 0 Å². The van der Waals surface area contributed by atoms with Gasteiger partial charge in [-0.2, -0.15) is 0 Å². The van der Waals surface area contributed by atoms with Gasteiger partial charge in [-0.1, -0.05) is 19.9 Å². The van der Waals surface area contributed by atoms with E-state index in [1.807, 2.05) is 25.1 Å². The first-order chi connectivity index (χ1) is 9.56. The summed E-state index contributed by atoms with van der Waals surface area (Å²) in [4.78, 5) is 11.4. The maximum Gasteiger partial charge on any atom is 0.257 e. The summed E-state index contributed by atoms with van der Waals surface area (Å²) in [7, 11) is 1.58. The molecule has 0 aliphatic carbocycles. The van der Waals surface area contributed by atoms with Crippen LogP contribution in [0.15, 0.2) is 18.2 Å². The van der Waals surface area contributed by atoms with Gasteiger partial charge in [0.1, 0.15) is 0 Å². The average Bonchev–Trinajstić information content (AvgIpc) is 2.43. The Morgan fingerprint density at radius 1 is 1.30 bits per heavy atom. The molecule has 0 saturated carbocycles. The number of likely N-dealkylation sites (N-methyl/N-ethyl adjacent to an activating group) is 1. The molecule has 0 aromatic heterocycles. The van der Waals surface area contributed by atoms with E-state index in [1.165, 1.54) is 0 Å². The van der Waals surface area contributed by atoms with E-state index in [4.69, 9.17) is 9.47 Å². The molecule has 0 unspecified atom stereocenters. The Hall–Kier alpha value is -1.75. The van der Waals surface area contributed by atoms with Gasteiger partial charge in [-0.05, 0) is 24.6 Å². The fourth-order valence-electron chi connectivity index (χ4n) is 1.66. The summed E-state index contributed by atoms with van der Waals surface area (Å²) in [6, 6.07) is 6.14. The van der Waals surface area contributed by atoms with Gasteiger partial charge in [0.05, 0.1) is 7.11 Å². The van der Waals surface area contributed by atoms with Crippen molar-refractivity contribution in [1.29, 1.82) is 0 Å². The van der Waals surface area contributed by atoms with Crippen LogP contribution in [0, 0.1) is 0 Å². The summed E-state index contributed by atoms with van der Waals surface area (Å²) in [6.45, 7) is 7.39. The predicted molar refractivity (Wildman–Crippen MR) is 79.1 cm³/mol. The molecule has 0 aliphatic heterocycles. The fraction of sp³-hybridized carbons (Fsp3) is 0.533. The smallest absolute Gasteiger partial charge is 0.257 e. The van der Waals surface area contributed by atoms with E-state index < -0.39 is 0 Å². The van der Waals surface area contributed by atoms with Crippen LogP contribution in [0.1, 0.15) is 26.3 Å². The predicted octanol–water partition coefficient (Wildman–Crippen LogP) is 1.71. The van der Waals surface area contributed by atoms with Crippen molar-refractivity contribution in [3.8, 4) is 11.5 Å². The molecular formula is C15H24N2O3. The van der Waals surface area contributed by atoms with Crippen LogP contribution >= 0.6 is 0 Å². The largest absolute Gasteiger partial charge is 0.493 e. The second kappa shape index (κ2) is 8.43. The first-order valence-corrected chi connectivity index (χ1v) is 6.86. The Balaban J connectivity index is 2.70. The van der Waals surface area contributed by atoms with E-state index in [1.54, 1.807) is 7.11 Å². The highest BCUT2D eigenvalue weighted by molar-refractivity contribution is 5.77. The molecule has 112 valence electrons. The molecule has 20 heavy (non-hydrogen) atoms. The van der Waals surface area contributed by atoms with E-state index in [0.29, 0.717) is 24.1 Å². The number of benzene rings is 1. The number of hydrogen-bond donors (Lipinski definition) is 2. The van der Waals surface area contributed by atoms with Crippen molar-refractivity contribution in [2.45, 2.75) is 33.4 Å². The van der Waals surface area contributed by atoms with Gasteiger partial charge in [0.15, 0.2) is 18.1 Å². The van der Waals surface area contributed by atoms with Gasteiger partial charge in [-0.25, -0.2) is 0 Å². The highest BCUT2D eigenvalue weighted by Crippen LogP contribution is 2.28. The SMILES string of the molecule is CCNC(=O)COc1cc(CNC(C)C)ccc1OC. The van der Waals surface area contributed by atoms with Crippen molar-refractivity contribution in [3.63, 3.8) is 0 Å². The van der Waals surface area contributed by atoms with E-state index >= 15 is 0 Å². The monoisotopic (exact) mass is 280 g/mol. The van der Waals surface area contributed by atoms with Crippen molar-refractivity contribution >= 4 is 5.91 Å². The van der Waals surface area contributed by atoms with Crippen LogP contribution in [-0.4, -0.2) is 32.2 Å². The molecule has 0 saturated heterocycles. The molecule has 1 aromatic carbocycles. The third-order valence-electron chi connectivity index (χ3n) is 2.68. The van der Waals surface area contributed by atoms with E-state index in [2.05, 4.69) is 24.5 Å². The number of carbonyl (C=O) groups is 1. The van der Waals surface area contributed by atoms with Gasteiger partial charge in [-0.3, -0.25) is 4.79 Å². The first kappa shape index (κ1) is 16.3. The van der Waals surface area contributed by atoms with E-state index in [9.17, 15) is 4.79 Å². The minimum atomic E-state index is -0.139. The molecule has 0 atom stereocenters. The van der Waals surface area contributed by atoms with Crippen LogP contribution in [0.3, 0.4) is 0 Å². The third kappa shape index (κ3) is 5.48. The molecule has 0 bridgehead atoms. The Bertz CT molecular complexity index is 433. The number of amides is 1. The third-order valence-corrected chi connectivity index (χ3v) is 2.68. The molecule has 1 rings (SSSR count). The lowest BCUT2D eigenvalue weighted by Gasteiger charge is -2.13. The highest BCUT2D eigenvalue weighted by atomic mass is 16.5. The summed E-state index contributed by atoms with van der Waals surface area (Å²) in [5, 5.41) is 6.03. The Kier molecular flexibility index (Phi) is 6.87. The lowest BCUT2D eigenvalue weighted by atomic mass is 10.2. The van der Waals surface area contributed by atoms with Crippen LogP contribution in [-0.2, 0) is 11.3 Å². The number of ether oxygens (including phenoxy) is 2. The summed E-state index contributed by atoms with van der Waals surface area (Å²) in [5.74, 6) is 1.07. The van der Waals surface area contributed by atoms with Gasteiger partial charge in [0, 0.05) is 19.1 Å². The van der Waals surface area contributed by atoms with Crippen molar-refractivity contribution in [2.24, 2.45) is 0 Å². The topological polar surface area (TPSA) is 59.6 Å². The lowest BCUT2D eigenvalue weighted by Crippen LogP contribution is -2.28. The summed E-state index contributed by atoms with van der Waals surface area (Å²) >= 11 is 0. The number of nitrogens with one attached hydrogen (secondary N) is 2. The zero-order valence-electron chi connectivity index (χ0n) is 12.7. The molecule has 0 fully saturated rings. The first-order valence-electron chi connectivity index (χ1n) is 6.86. The zero-order valence-corrected chi connectivity index (χ0v) is 12.7. The molecule has 0 heterocycles. The molecule has 1 amide bonds. The van der Waals surface area contributed by atoms with Crippen LogP contribution in [0.25, 0.3) is 0 Å². The molecule has 0 spiro atoms. The Labute approximate surface area is 120 Å². The Morgan fingerprint density at radius 2 is 2.05 bits per heavy atom. The molecule has 5 heteroatoms. The minimum absolute atomic E-state index is 0.00867. The Morgan fingerprint density at radius 3 is 2.65 bits per heavy atom. The van der Waals surface area contributed by atoms with Crippen LogP contribution < -0.4 is 20.1 Å². The highest BCUT2D eigenvalue weighted by Gasteiger charge is 2.08. The van der Waals surface area contributed by atoms with Crippen LogP contribution in [0.4, 0.5) is 0 Å². The van der Waals surface area contributed by atoms with Crippen molar-refractivity contribution in [3.05, 3.63) is 23.8 Å². The fourth-order valence-corrected chi connectivity index (χ4v) is 1.66. The number of carbonyl (C=O) groups excluding carboxylic acids is 1. The molecular weight excluding hydrogens is 256 g/mol. The van der Waals surface area contributed by atoms with E-state index in [0.717, 1.165) is 12.1 Å². The maximum atomic E-state index is 11.4. The minimum Gasteiger partial charge on any atom is -0.493 e. The van der Waals surface area contributed by atoms with Gasteiger partial charge in [0.2, 0.25) is 0 Å². The van der Waals surface area contributed by atoms with Gasteiger partial charge in [0.25, 0.3) is 5.91 Å². The van der Waals surface area contributed by atoms with Crippen molar-refractivity contribution in [2.75, 3.05) is 20.3 Å². The van der Waals surface area contributed by atoms with Gasteiger partial charge >= 0.3 is 0 Å². The molecule has 5 nitrogen and oxygen atoms in total. The normalized spacial score (nSPS) is 10.4. The second-order valence-electron chi connectivity index (χ2n) is 4.76. The lowest BCUT2D eigenvalue weighted by molar-refractivity contribution is -0.123. The summed E-state index contributed by atoms with van der Waals surface area (Å²) in [6.07, 6.45) is 0. The van der Waals surface area contributed by atoms with Gasteiger partial charge in [-0.15, -0.1) is 0 Å². The number of methoxy groups -OCH3 is 1. The zero-order chi connectivity index (χ0) is 15.0. The quantitative estimate of drug-likeness (QED) is 0.761. The maximum absolute atomic E-state index is 11.4. The molecule has 1 aromatic rings.